The number of carbonyl (C=O) groups excluding carboxylic acids is 1. The molecule has 0 fully saturated rings. The first kappa shape index (κ1) is 24.4. The summed E-state index contributed by atoms with van der Waals surface area (Å²) in [6, 6.07) is 27.6. The van der Waals surface area contributed by atoms with Crippen molar-refractivity contribution >= 4 is 17.3 Å². The van der Waals surface area contributed by atoms with Crippen LogP contribution in [0.3, 0.4) is 0 Å². The molecule has 1 aliphatic rings. The Kier molecular flexibility index (Phi) is 6.57. The van der Waals surface area contributed by atoms with E-state index in [2.05, 4.69) is 35.9 Å². The summed E-state index contributed by atoms with van der Waals surface area (Å²) in [4.78, 5) is 21.9. The smallest absolute Gasteiger partial charge is 0.358 e. The molecule has 0 N–H and O–H groups in total. The average molecular weight is 494 g/mol. The minimum absolute atomic E-state index is 0.317. The Hall–Kier alpha value is -4.32. The Balaban J connectivity index is 1.75. The first-order valence-electron chi connectivity index (χ1n) is 12.6. The van der Waals surface area contributed by atoms with Crippen LogP contribution in [0.15, 0.2) is 91.1 Å². The number of para-hydroxylation sites is 1. The maximum absolute atomic E-state index is 13.2. The largest absolute Gasteiger partial charge is 0.457 e. The van der Waals surface area contributed by atoms with Crippen molar-refractivity contribution in [3.05, 3.63) is 114 Å². The van der Waals surface area contributed by atoms with Gasteiger partial charge in [0.25, 0.3) is 0 Å². The number of aromatic nitrogens is 1. The molecule has 2 heterocycles. The standard InChI is InChI=1S/C31H31N3O3/c1-5-34(6-2)23-16-14-22(15-17-23)31(27-13-10-20-32-29(27)30(35)37-31)26-19-18-24(33(3)4)21-28(26)36-25-11-8-7-9-12-25/h7-21H,5-6H2,1-4H3. The zero-order valence-electron chi connectivity index (χ0n) is 21.6. The number of hydrogen-bond donors (Lipinski definition) is 0. The average Bonchev–Trinajstić information content (AvgIpc) is 3.23. The molecule has 37 heavy (non-hydrogen) atoms. The number of anilines is 2. The highest BCUT2D eigenvalue weighted by Gasteiger charge is 2.51. The van der Waals surface area contributed by atoms with E-state index in [4.69, 9.17) is 9.47 Å². The van der Waals surface area contributed by atoms with Crippen molar-refractivity contribution in [2.24, 2.45) is 0 Å². The Bertz CT molecular complexity index is 1400. The number of rotatable bonds is 8. The van der Waals surface area contributed by atoms with Crippen LogP contribution in [0.4, 0.5) is 11.4 Å². The molecule has 5 rings (SSSR count). The van der Waals surface area contributed by atoms with Crippen molar-refractivity contribution in [3.8, 4) is 11.5 Å². The van der Waals surface area contributed by atoms with Crippen LogP contribution >= 0.6 is 0 Å². The number of carbonyl (C=O) groups is 1. The maximum Gasteiger partial charge on any atom is 0.358 e. The minimum Gasteiger partial charge on any atom is -0.457 e. The fraction of sp³-hybridized carbons (Fsp3) is 0.226. The number of pyridine rings is 1. The van der Waals surface area contributed by atoms with E-state index in [1.54, 1.807) is 6.20 Å². The van der Waals surface area contributed by atoms with Crippen LogP contribution in [-0.4, -0.2) is 38.1 Å². The van der Waals surface area contributed by atoms with Gasteiger partial charge in [0.05, 0.1) is 0 Å². The van der Waals surface area contributed by atoms with Gasteiger partial charge in [-0.05, 0) is 56.3 Å². The van der Waals surface area contributed by atoms with Crippen LogP contribution < -0.4 is 14.5 Å². The van der Waals surface area contributed by atoms with Crippen LogP contribution in [0, 0.1) is 0 Å². The zero-order valence-corrected chi connectivity index (χ0v) is 21.6. The summed E-state index contributed by atoms with van der Waals surface area (Å²) in [5.74, 6) is 0.850. The first-order chi connectivity index (χ1) is 18.0. The predicted molar refractivity (Wildman–Crippen MR) is 147 cm³/mol. The highest BCUT2D eigenvalue weighted by molar-refractivity contribution is 5.94. The van der Waals surface area contributed by atoms with E-state index in [-0.39, 0.29) is 0 Å². The molecular weight excluding hydrogens is 462 g/mol. The van der Waals surface area contributed by atoms with Gasteiger partial charge < -0.3 is 19.3 Å². The Labute approximate surface area is 218 Å². The lowest BCUT2D eigenvalue weighted by atomic mass is 9.80. The Morgan fingerprint density at radius 3 is 2.22 bits per heavy atom. The summed E-state index contributed by atoms with van der Waals surface area (Å²) >= 11 is 0. The summed E-state index contributed by atoms with van der Waals surface area (Å²) in [7, 11) is 3.97. The van der Waals surface area contributed by atoms with Crippen LogP contribution in [0.2, 0.25) is 0 Å². The number of benzene rings is 3. The van der Waals surface area contributed by atoms with Crippen LogP contribution in [0.25, 0.3) is 0 Å². The van der Waals surface area contributed by atoms with Gasteiger partial charge in [0.15, 0.2) is 11.3 Å². The van der Waals surface area contributed by atoms with E-state index in [9.17, 15) is 4.79 Å². The van der Waals surface area contributed by atoms with Gasteiger partial charge in [-0.25, -0.2) is 9.78 Å². The van der Waals surface area contributed by atoms with Gasteiger partial charge in [-0.15, -0.1) is 0 Å². The lowest BCUT2D eigenvalue weighted by Crippen LogP contribution is -2.30. The molecule has 1 aliphatic heterocycles. The second-order valence-corrected chi connectivity index (χ2v) is 9.18. The summed E-state index contributed by atoms with van der Waals surface area (Å²) < 4.78 is 12.8. The van der Waals surface area contributed by atoms with Gasteiger partial charge in [0, 0.05) is 67.5 Å². The SMILES string of the molecule is CCN(CC)c1ccc(C2(c3ccc(N(C)C)cc3Oc3ccccc3)OC(=O)c3ncccc32)cc1. The number of hydrogen-bond acceptors (Lipinski definition) is 6. The number of fused-ring (bicyclic) bond motifs is 1. The molecule has 188 valence electrons. The quantitative estimate of drug-likeness (QED) is 0.271. The third-order valence-electron chi connectivity index (χ3n) is 6.86. The van der Waals surface area contributed by atoms with E-state index in [0.717, 1.165) is 35.6 Å². The van der Waals surface area contributed by atoms with Gasteiger partial charge in [-0.3, -0.25) is 0 Å². The topological polar surface area (TPSA) is 54.9 Å². The summed E-state index contributed by atoms with van der Waals surface area (Å²) in [5, 5.41) is 0. The number of nitrogens with zero attached hydrogens (tertiary/aromatic N) is 3. The van der Waals surface area contributed by atoms with Crippen LogP contribution in [0.1, 0.15) is 41.0 Å². The summed E-state index contributed by atoms with van der Waals surface area (Å²) in [6.45, 7) is 6.09. The second-order valence-electron chi connectivity index (χ2n) is 9.18. The molecule has 4 aromatic rings. The molecule has 1 aromatic heterocycles. The highest BCUT2D eigenvalue weighted by atomic mass is 16.6. The lowest BCUT2D eigenvalue weighted by Gasteiger charge is -2.32. The normalized spacial score (nSPS) is 16.2. The molecule has 0 amide bonds. The fourth-order valence-corrected chi connectivity index (χ4v) is 4.94. The molecule has 0 spiro atoms. The van der Waals surface area contributed by atoms with Gasteiger partial charge in [-0.2, -0.15) is 0 Å². The van der Waals surface area contributed by atoms with Crippen molar-refractivity contribution in [1.29, 1.82) is 0 Å². The third kappa shape index (κ3) is 4.29. The van der Waals surface area contributed by atoms with Crippen molar-refractivity contribution < 1.29 is 14.3 Å². The van der Waals surface area contributed by atoms with Gasteiger partial charge >= 0.3 is 5.97 Å². The van der Waals surface area contributed by atoms with E-state index in [1.807, 2.05) is 91.8 Å². The van der Waals surface area contributed by atoms with Gasteiger partial charge in [0.2, 0.25) is 0 Å². The van der Waals surface area contributed by atoms with Crippen molar-refractivity contribution in [2.45, 2.75) is 19.4 Å². The molecular formula is C31H31N3O3. The third-order valence-corrected chi connectivity index (χ3v) is 6.86. The molecule has 0 aliphatic carbocycles. The Morgan fingerprint density at radius 2 is 1.54 bits per heavy atom. The van der Waals surface area contributed by atoms with Crippen LogP contribution in [0.5, 0.6) is 11.5 Å². The second kappa shape index (κ2) is 9.97. The maximum atomic E-state index is 13.2. The molecule has 6 heteroatoms. The number of esters is 1. The zero-order chi connectivity index (χ0) is 26.0. The van der Waals surface area contributed by atoms with Crippen molar-refractivity contribution in [1.82, 2.24) is 4.98 Å². The minimum atomic E-state index is -1.21. The fourth-order valence-electron chi connectivity index (χ4n) is 4.94. The monoisotopic (exact) mass is 493 g/mol. The van der Waals surface area contributed by atoms with E-state index in [1.165, 1.54) is 0 Å². The lowest BCUT2D eigenvalue weighted by molar-refractivity contribution is 0.0244. The van der Waals surface area contributed by atoms with Crippen molar-refractivity contribution in [3.63, 3.8) is 0 Å². The van der Waals surface area contributed by atoms with E-state index < -0.39 is 11.6 Å². The predicted octanol–water partition coefficient (Wildman–Crippen LogP) is 6.25. The summed E-state index contributed by atoms with van der Waals surface area (Å²) in [5.41, 5.74) is 3.46. The number of cyclic esters (lactones) is 1. The molecule has 0 bridgehead atoms. The van der Waals surface area contributed by atoms with Gasteiger partial charge in [-0.1, -0.05) is 36.4 Å². The highest BCUT2D eigenvalue weighted by Crippen LogP contribution is 2.50. The first-order valence-corrected chi connectivity index (χ1v) is 12.6. The molecule has 1 unspecified atom stereocenters. The van der Waals surface area contributed by atoms with Crippen LogP contribution in [-0.2, 0) is 10.3 Å². The molecule has 0 saturated carbocycles. The molecule has 1 atom stereocenters. The molecule has 3 aromatic carbocycles. The number of ether oxygens (including phenoxy) is 2. The molecule has 0 saturated heterocycles. The van der Waals surface area contributed by atoms with E-state index >= 15 is 0 Å². The van der Waals surface area contributed by atoms with E-state index in [0.29, 0.717) is 22.8 Å². The molecule has 0 radical (unpaired) electrons. The van der Waals surface area contributed by atoms with Gasteiger partial charge in [0.1, 0.15) is 11.5 Å². The molecule has 6 nitrogen and oxygen atoms in total. The Morgan fingerprint density at radius 1 is 0.838 bits per heavy atom. The van der Waals surface area contributed by atoms with Crippen molar-refractivity contribution in [2.75, 3.05) is 37.0 Å². The summed E-state index contributed by atoms with van der Waals surface area (Å²) in [6.07, 6.45) is 1.62.